The van der Waals surface area contributed by atoms with Crippen molar-refractivity contribution in [2.45, 2.75) is 29.8 Å². The van der Waals surface area contributed by atoms with Crippen LogP contribution in [-0.2, 0) is 18.4 Å². The Hall–Kier alpha value is -1.87. The summed E-state index contributed by atoms with van der Waals surface area (Å²) in [6.07, 6.45) is 3.44. The van der Waals surface area contributed by atoms with Crippen LogP contribution in [0.1, 0.15) is 17.2 Å². The molecule has 1 aliphatic heterocycles. The van der Waals surface area contributed by atoms with Crippen molar-refractivity contribution in [3.05, 3.63) is 47.8 Å². The molecule has 1 aromatic heterocycles. The zero-order chi connectivity index (χ0) is 17.1. The van der Waals surface area contributed by atoms with Crippen molar-refractivity contribution in [1.82, 2.24) is 25.7 Å². The molecule has 1 aromatic carbocycles. The van der Waals surface area contributed by atoms with E-state index >= 15 is 0 Å². The molecule has 1 amide bonds. The van der Waals surface area contributed by atoms with Crippen LogP contribution in [0.2, 0.25) is 0 Å². The molecule has 0 aliphatic carbocycles. The highest BCUT2D eigenvalue weighted by Gasteiger charge is 2.39. The van der Waals surface area contributed by atoms with Gasteiger partial charge in [0.05, 0.1) is 24.6 Å². The normalized spacial score (nSPS) is 23.4. The lowest BCUT2D eigenvalue weighted by Crippen LogP contribution is -2.45. The third-order valence-electron chi connectivity index (χ3n) is 4.29. The number of amides is 1. The summed E-state index contributed by atoms with van der Waals surface area (Å²) >= 11 is 1.57. The smallest absolute Gasteiger partial charge is 0.239 e. The Morgan fingerprint density at radius 1 is 1.38 bits per heavy atom. The molecule has 1 fully saturated rings. The monoisotopic (exact) mass is 346 g/mol. The molecule has 3 unspecified atom stereocenters. The van der Waals surface area contributed by atoms with E-state index in [0.717, 1.165) is 16.4 Å². The Morgan fingerprint density at radius 2 is 2.12 bits per heavy atom. The quantitative estimate of drug-likeness (QED) is 0.582. The average molecular weight is 346 g/mol. The largest absolute Gasteiger partial charge is 0.349 e. The molecule has 7 nitrogen and oxygen atoms in total. The molecule has 0 spiro atoms. The van der Waals surface area contributed by atoms with Crippen molar-refractivity contribution in [1.29, 1.82) is 0 Å². The predicted octanol–water partition coefficient (Wildman–Crippen LogP) is 0.303. The number of nitrogens with zero attached hydrogens (tertiary/aromatic N) is 2. The van der Waals surface area contributed by atoms with Gasteiger partial charge in [0.15, 0.2) is 5.16 Å². The molecule has 0 saturated carbocycles. The molecule has 8 heteroatoms. The summed E-state index contributed by atoms with van der Waals surface area (Å²) in [6, 6.07) is 9.42. The third kappa shape index (κ3) is 3.32. The minimum atomic E-state index is -0.421. The molecule has 24 heavy (non-hydrogen) atoms. The van der Waals surface area contributed by atoms with Gasteiger partial charge >= 0.3 is 0 Å². The second-order valence-corrected chi connectivity index (χ2v) is 6.52. The molecule has 0 bridgehead atoms. The molecule has 0 radical (unpaired) electrons. The molecule has 128 valence electrons. The summed E-state index contributed by atoms with van der Waals surface area (Å²) in [5.41, 5.74) is 14.1. The summed E-state index contributed by atoms with van der Waals surface area (Å²) in [6.45, 7) is 0.428. The van der Waals surface area contributed by atoms with Crippen LogP contribution < -0.4 is 21.9 Å². The van der Waals surface area contributed by atoms with Gasteiger partial charge in [-0.2, -0.15) is 0 Å². The number of rotatable bonds is 5. The minimum absolute atomic E-state index is 0.0868. The SMILES string of the molecule is CSc1ncc(CNC(=O)C2NNC(N)C2c2ccccc2)n1C. The third-order valence-corrected chi connectivity index (χ3v) is 5.03. The fourth-order valence-corrected chi connectivity index (χ4v) is 3.49. The fourth-order valence-electron chi connectivity index (χ4n) is 2.94. The lowest BCUT2D eigenvalue weighted by Gasteiger charge is -2.20. The molecule has 3 atom stereocenters. The van der Waals surface area contributed by atoms with Gasteiger partial charge < -0.3 is 15.6 Å². The van der Waals surface area contributed by atoms with Crippen LogP contribution in [0.4, 0.5) is 0 Å². The standard InChI is InChI=1S/C16H22N6OS/c1-22-11(9-19-16(22)24-2)8-18-15(23)13-12(14(17)21-20-13)10-6-4-3-5-7-10/h3-7,9,12-14,20-21H,8,17H2,1-2H3,(H,18,23). The number of nitrogens with two attached hydrogens (primary N) is 1. The van der Waals surface area contributed by atoms with E-state index in [2.05, 4.69) is 21.2 Å². The van der Waals surface area contributed by atoms with Crippen molar-refractivity contribution >= 4 is 17.7 Å². The first-order valence-electron chi connectivity index (χ1n) is 7.75. The number of hydrogen-bond donors (Lipinski definition) is 4. The Morgan fingerprint density at radius 3 is 2.79 bits per heavy atom. The van der Waals surface area contributed by atoms with E-state index in [1.807, 2.05) is 48.2 Å². The number of benzene rings is 1. The highest BCUT2D eigenvalue weighted by molar-refractivity contribution is 7.98. The van der Waals surface area contributed by atoms with Crippen molar-refractivity contribution in [2.24, 2.45) is 12.8 Å². The summed E-state index contributed by atoms with van der Waals surface area (Å²) < 4.78 is 1.98. The van der Waals surface area contributed by atoms with E-state index in [4.69, 9.17) is 5.73 Å². The Labute approximate surface area is 145 Å². The van der Waals surface area contributed by atoms with Gasteiger partial charge in [-0.15, -0.1) is 0 Å². The molecule has 2 aromatic rings. The van der Waals surface area contributed by atoms with Gasteiger partial charge in [0.25, 0.3) is 0 Å². The first-order chi connectivity index (χ1) is 11.6. The van der Waals surface area contributed by atoms with Crippen LogP contribution in [0.25, 0.3) is 0 Å². The molecule has 1 saturated heterocycles. The highest BCUT2D eigenvalue weighted by atomic mass is 32.2. The van der Waals surface area contributed by atoms with E-state index in [1.54, 1.807) is 18.0 Å². The number of carbonyl (C=O) groups excluding carboxylic acids is 1. The Bertz CT molecular complexity index is 704. The first-order valence-corrected chi connectivity index (χ1v) is 8.98. The number of aromatic nitrogens is 2. The van der Waals surface area contributed by atoms with E-state index in [-0.39, 0.29) is 18.0 Å². The van der Waals surface area contributed by atoms with Crippen molar-refractivity contribution < 1.29 is 4.79 Å². The second-order valence-electron chi connectivity index (χ2n) is 5.74. The number of imidazole rings is 1. The maximum atomic E-state index is 12.6. The molecular weight excluding hydrogens is 324 g/mol. The number of hydrogen-bond acceptors (Lipinski definition) is 6. The summed E-state index contributed by atoms with van der Waals surface area (Å²) in [7, 11) is 1.94. The van der Waals surface area contributed by atoms with Crippen molar-refractivity contribution in [3.8, 4) is 0 Å². The minimum Gasteiger partial charge on any atom is -0.349 e. The number of thioether (sulfide) groups is 1. The van der Waals surface area contributed by atoms with Crippen LogP contribution in [0.5, 0.6) is 0 Å². The molecule has 3 rings (SSSR count). The van der Waals surface area contributed by atoms with Crippen LogP contribution in [0.3, 0.4) is 0 Å². The highest BCUT2D eigenvalue weighted by Crippen LogP contribution is 2.25. The van der Waals surface area contributed by atoms with Crippen LogP contribution in [0.15, 0.2) is 41.7 Å². The van der Waals surface area contributed by atoms with Crippen LogP contribution in [0, 0.1) is 0 Å². The second kappa shape index (κ2) is 7.35. The molecule has 5 N–H and O–H groups in total. The summed E-state index contributed by atoms with van der Waals surface area (Å²) in [5, 5.41) is 3.89. The topological polar surface area (TPSA) is 97.0 Å². The number of hydrazine groups is 1. The Kier molecular flexibility index (Phi) is 5.20. The molecule has 2 heterocycles. The van der Waals surface area contributed by atoms with Gasteiger partial charge in [-0.1, -0.05) is 42.1 Å². The number of carbonyl (C=O) groups is 1. The average Bonchev–Trinajstić information content (AvgIpc) is 3.16. The van der Waals surface area contributed by atoms with Crippen molar-refractivity contribution in [3.63, 3.8) is 0 Å². The lowest BCUT2D eigenvalue weighted by atomic mass is 9.90. The van der Waals surface area contributed by atoms with Crippen LogP contribution >= 0.6 is 11.8 Å². The zero-order valence-corrected chi connectivity index (χ0v) is 14.5. The fraction of sp³-hybridized carbons (Fsp3) is 0.375. The van der Waals surface area contributed by atoms with Crippen LogP contribution in [-0.4, -0.2) is 33.9 Å². The zero-order valence-electron chi connectivity index (χ0n) is 13.7. The first kappa shape index (κ1) is 17.0. The maximum absolute atomic E-state index is 12.6. The van der Waals surface area contributed by atoms with Gasteiger partial charge in [0, 0.05) is 13.0 Å². The lowest BCUT2D eigenvalue weighted by molar-refractivity contribution is -0.123. The predicted molar refractivity (Wildman–Crippen MR) is 94.1 cm³/mol. The van der Waals surface area contributed by atoms with E-state index < -0.39 is 6.04 Å². The van der Waals surface area contributed by atoms with Crippen molar-refractivity contribution in [2.75, 3.05) is 6.26 Å². The Balaban J connectivity index is 1.68. The van der Waals surface area contributed by atoms with E-state index in [0.29, 0.717) is 6.54 Å². The van der Waals surface area contributed by atoms with Gasteiger partial charge in [0.1, 0.15) is 6.04 Å². The molecule has 1 aliphatic rings. The van der Waals surface area contributed by atoms with E-state index in [9.17, 15) is 4.79 Å². The summed E-state index contributed by atoms with van der Waals surface area (Å²) in [5.74, 6) is -0.212. The van der Waals surface area contributed by atoms with Gasteiger partial charge in [-0.25, -0.2) is 15.8 Å². The van der Waals surface area contributed by atoms with Gasteiger partial charge in [0.2, 0.25) is 5.91 Å². The van der Waals surface area contributed by atoms with E-state index in [1.165, 1.54) is 0 Å². The maximum Gasteiger partial charge on any atom is 0.239 e. The molecular formula is C16H22N6OS. The summed E-state index contributed by atoms with van der Waals surface area (Å²) in [4.78, 5) is 16.9. The van der Waals surface area contributed by atoms with Gasteiger partial charge in [-0.05, 0) is 11.8 Å². The number of nitrogens with one attached hydrogen (secondary N) is 3. The van der Waals surface area contributed by atoms with Gasteiger partial charge in [-0.3, -0.25) is 4.79 Å².